The third kappa shape index (κ3) is 2.52. The van der Waals surface area contributed by atoms with Crippen molar-refractivity contribution in [2.24, 2.45) is 5.73 Å². The van der Waals surface area contributed by atoms with Gasteiger partial charge >= 0.3 is 0 Å². The van der Waals surface area contributed by atoms with Gasteiger partial charge in [-0.3, -0.25) is 5.41 Å². The Kier molecular flexibility index (Phi) is 3.96. The summed E-state index contributed by atoms with van der Waals surface area (Å²) in [5.74, 6) is 0.520. The number of aromatic nitrogens is 2. The molecule has 0 aliphatic carbocycles. The molecular weight excluding hydrogens is 246 g/mol. The van der Waals surface area contributed by atoms with Crippen molar-refractivity contribution in [1.29, 1.82) is 5.41 Å². The molecule has 7 nitrogen and oxygen atoms in total. The lowest BCUT2D eigenvalue weighted by molar-refractivity contribution is 0.0721. The van der Waals surface area contributed by atoms with Gasteiger partial charge in [-0.15, -0.1) is 5.10 Å². The zero-order chi connectivity index (χ0) is 14.0. The van der Waals surface area contributed by atoms with Gasteiger partial charge in [0, 0.05) is 6.54 Å². The molecule has 104 valence electrons. The number of hydrogen-bond acceptors (Lipinski definition) is 6. The molecule has 0 amide bonds. The molecule has 19 heavy (non-hydrogen) atoms. The van der Waals surface area contributed by atoms with Crippen molar-refractivity contribution in [3.05, 3.63) is 16.8 Å². The fourth-order valence-electron chi connectivity index (χ4n) is 2.20. The first kappa shape index (κ1) is 13.7. The molecule has 2 rings (SSSR count). The highest BCUT2D eigenvalue weighted by atomic mass is 16.5. The molecule has 0 aromatic carbocycles. The van der Waals surface area contributed by atoms with Crippen LogP contribution >= 0.6 is 0 Å². The maximum absolute atomic E-state index is 9.42. The molecule has 0 saturated carbocycles. The molecule has 0 radical (unpaired) electrons. The molecule has 1 aliphatic rings. The lowest BCUT2D eigenvalue weighted by Gasteiger charge is -2.36. The Morgan fingerprint density at radius 2 is 2.26 bits per heavy atom. The molecule has 1 aromatic heterocycles. The van der Waals surface area contributed by atoms with Crippen LogP contribution in [0.2, 0.25) is 0 Å². The van der Waals surface area contributed by atoms with Gasteiger partial charge < -0.3 is 20.5 Å². The van der Waals surface area contributed by atoms with Crippen molar-refractivity contribution in [2.75, 3.05) is 31.3 Å². The van der Waals surface area contributed by atoms with Crippen LogP contribution in [0.25, 0.3) is 0 Å². The Labute approximate surface area is 111 Å². The Balaban J connectivity index is 2.49. The summed E-state index contributed by atoms with van der Waals surface area (Å²) in [5.41, 5.74) is 7.86. The van der Waals surface area contributed by atoms with E-state index in [1.54, 1.807) is 0 Å². The molecular formula is C12H19N5O2. The smallest absolute Gasteiger partial charge is 0.163 e. The maximum Gasteiger partial charge on any atom is 0.163 e. The number of aliphatic hydroxyl groups excluding tert-OH is 1. The zero-order valence-electron chi connectivity index (χ0n) is 11.2. The van der Waals surface area contributed by atoms with Crippen LogP contribution in [0.15, 0.2) is 0 Å². The Morgan fingerprint density at radius 1 is 1.53 bits per heavy atom. The predicted molar refractivity (Wildman–Crippen MR) is 71.6 cm³/mol. The number of aryl methyl sites for hydroxylation is 1. The number of hydrogen-bond donors (Lipinski definition) is 3. The lowest BCUT2D eigenvalue weighted by Crippen LogP contribution is -2.49. The second kappa shape index (κ2) is 5.50. The van der Waals surface area contributed by atoms with E-state index < -0.39 is 0 Å². The standard InChI is InChI=1S/C12H19N5O2/c1-7-8(2)15-16-12(10(7)11(13)14)17-3-4-19-6-9(17)5-18/h9,18H,3-6H2,1-2H3,(H3,13,14). The lowest BCUT2D eigenvalue weighted by atomic mass is 10.1. The van der Waals surface area contributed by atoms with Gasteiger partial charge in [0.25, 0.3) is 0 Å². The second-order valence-corrected chi connectivity index (χ2v) is 4.63. The van der Waals surface area contributed by atoms with Crippen LogP contribution in [0, 0.1) is 19.3 Å². The third-order valence-corrected chi connectivity index (χ3v) is 3.42. The Bertz CT molecular complexity index is 491. The molecule has 0 spiro atoms. The summed E-state index contributed by atoms with van der Waals surface area (Å²) in [7, 11) is 0. The number of anilines is 1. The average molecular weight is 265 g/mol. The largest absolute Gasteiger partial charge is 0.394 e. The number of nitrogens with two attached hydrogens (primary N) is 1. The Hall–Kier alpha value is -1.73. The van der Waals surface area contributed by atoms with Crippen molar-refractivity contribution in [3.63, 3.8) is 0 Å². The molecule has 2 heterocycles. The van der Waals surface area contributed by atoms with Gasteiger partial charge in [0.05, 0.1) is 37.1 Å². The fraction of sp³-hybridized carbons (Fsp3) is 0.583. The van der Waals surface area contributed by atoms with Gasteiger partial charge in [-0.1, -0.05) is 0 Å². The van der Waals surface area contributed by atoms with E-state index in [1.807, 2.05) is 18.7 Å². The fourth-order valence-corrected chi connectivity index (χ4v) is 2.20. The van der Waals surface area contributed by atoms with Crippen molar-refractivity contribution in [3.8, 4) is 0 Å². The van der Waals surface area contributed by atoms with Gasteiger partial charge in [-0.25, -0.2) is 0 Å². The van der Waals surface area contributed by atoms with Crippen LogP contribution in [0.3, 0.4) is 0 Å². The summed E-state index contributed by atoms with van der Waals surface area (Å²) in [6.45, 7) is 5.26. The molecule has 7 heteroatoms. The minimum Gasteiger partial charge on any atom is -0.394 e. The van der Waals surface area contributed by atoms with E-state index in [1.165, 1.54) is 0 Å². The number of aliphatic hydroxyl groups is 1. The number of ether oxygens (including phenoxy) is 1. The first-order chi connectivity index (χ1) is 9.06. The SMILES string of the molecule is Cc1nnc(N2CCOCC2CO)c(C(=N)N)c1C. The monoisotopic (exact) mass is 265 g/mol. The second-order valence-electron chi connectivity index (χ2n) is 4.63. The molecule has 1 aliphatic heterocycles. The minimum atomic E-state index is -0.178. The molecule has 1 aromatic rings. The topological polar surface area (TPSA) is 108 Å². The average Bonchev–Trinajstić information content (AvgIpc) is 2.41. The Morgan fingerprint density at radius 3 is 2.89 bits per heavy atom. The first-order valence-electron chi connectivity index (χ1n) is 6.19. The highest BCUT2D eigenvalue weighted by Crippen LogP contribution is 2.24. The summed E-state index contributed by atoms with van der Waals surface area (Å²) in [6.07, 6.45) is 0. The molecule has 4 N–H and O–H groups in total. The molecule has 1 saturated heterocycles. The van der Waals surface area contributed by atoms with Gasteiger partial charge in [0.15, 0.2) is 5.82 Å². The van der Waals surface area contributed by atoms with Crippen LogP contribution in [0.4, 0.5) is 5.82 Å². The maximum atomic E-state index is 9.42. The van der Waals surface area contributed by atoms with Crippen LogP contribution in [-0.2, 0) is 4.74 Å². The van der Waals surface area contributed by atoms with E-state index in [2.05, 4.69) is 10.2 Å². The summed E-state index contributed by atoms with van der Waals surface area (Å²) < 4.78 is 5.34. The normalized spacial score (nSPS) is 19.5. The van der Waals surface area contributed by atoms with E-state index >= 15 is 0 Å². The minimum absolute atomic E-state index is 0.0336. The third-order valence-electron chi connectivity index (χ3n) is 3.42. The number of nitrogens with zero attached hydrogens (tertiary/aromatic N) is 3. The van der Waals surface area contributed by atoms with Crippen LogP contribution in [0.1, 0.15) is 16.8 Å². The molecule has 1 atom stereocenters. The van der Waals surface area contributed by atoms with E-state index in [9.17, 15) is 5.11 Å². The van der Waals surface area contributed by atoms with E-state index in [4.69, 9.17) is 15.9 Å². The summed E-state index contributed by atoms with van der Waals surface area (Å²) in [5, 5.41) is 25.4. The first-order valence-corrected chi connectivity index (χ1v) is 6.19. The summed E-state index contributed by atoms with van der Waals surface area (Å²) >= 11 is 0. The number of nitrogen functional groups attached to an aromatic ring is 1. The summed E-state index contributed by atoms with van der Waals surface area (Å²) in [4.78, 5) is 1.92. The number of amidine groups is 1. The quantitative estimate of drug-likeness (QED) is 0.506. The predicted octanol–water partition coefficient (Wildman–Crippen LogP) is -0.425. The van der Waals surface area contributed by atoms with Crippen LogP contribution in [-0.4, -0.2) is 53.5 Å². The molecule has 1 fully saturated rings. The van der Waals surface area contributed by atoms with Crippen molar-refractivity contribution >= 4 is 11.7 Å². The number of morpholine rings is 1. The van der Waals surface area contributed by atoms with Crippen molar-refractivity contribution in [2.45, 2.75) is 19.9 Å². The van der Waals surface area contributed by atoms with Crippen molar-refractivity contribution < 1.29 is 9.84 Å². The van der Waals surface area contributed by atoms with E-state index in [0.717, 1.165) is 11.3 Å². The highest BCUT2D eigenvalue weighted by Gasteiger charge is 2.27. The summed E-state index contributed by atoms with van der Waals surface area (Å²) in [6, 6.07) is -0.178. The zero-order valence-corrected chi connectivity index (χ0v) is 11.2. The number of nitrogens with one attached hydrogen (secondary N) is 1. The van der Waals surface area contributed by atoms with Crippen molar-refractivity contribution in [1.82, 2.24) is 10.2 Å². The van der Waals surface area contributed by atoms with E-state index in [0.29, 0.717) is 31.1 Å². The number of rotatable bonds is 3. The van der Waals surface area contributed by atoms with E-state index in [-0.39, 0.29) is 18.5 Å². The van der Waals surface area contributed by atoms with Gasteiger partial charge in [0.1, 0.15) is 5.84 Å². The van der Waals surface area contributed by atoms with Crippen LogP contribution in [0.5, 0.6) is 0 Å². The van der Waals surface area contributed by atoms with Gasteiger partial charge in [-0.2, -0.15) is 5.10 Å². The molecule has 0 bridgehead atoms. The van der Waals surface area contributed by atoms with Crippen LogP contribution < -0.4 is 10.6 Å². The van der Waals surface area contributed by atoms with Gasteiger partial charge in [-0.05, 0) is 19.4 Å². The van der Waals surface area contributed by atoms with Gasteiger partial charge in [0.2, 0.25) is 0 Å². The highest BCUT2D eigenvalue weighted by molar-refractivity contribution is 6.01. The molecule has 1 unspecified atom stereocenters.